The van der Waals surface area contributed by atoms with Crippen LogP contribution in [0, 0.1) is 15.5 Å². The van der Waals surface area contributed by atoms with Gasteiger partial charge in [0.2, 0.25) is 5.82 Å². The SMILES string of the molecule is CC1(C)CCC(Nc2ncccc2[N+](=O)[O-])C1. The zero-order valence-electron chi connectivity index (χ0n) is 10.1. The van der Waals surface area contributed by atoms with E-state index < -0.39 is 4.92 Å². The van der Waals surface area contributed by atoms with Gasteiger partial charge in [0, 0.05) is 18.3 Å². The quantitative estimate of drug-likeness (QED) is 0.646. The number of anilines is 1. The van der Waals surface area contributed by atoms with Gasteiger partial charge in [0.15, 0.2) is 0 Å². The standard InChI is InChI=1S/C12H17N3O2/c1-12(2)6-5-9(8-12)14-11-10(15(16)17)4-3-7-13-11/h3-4,7,9H,5-6,8H2,1-2H3,(H,13,14). The van der Waals surface area contributed by atoms with Crippen LogP contribution in [0.3, 0.4) is 0 Å². The third kappa shape index (κ3) is 2.72. The molecule has 1 fully saturated rings. The number of aromatic nitrogens is 1. The molecule has 5 heteroatoms. The second-order valence-electron chi connectivity index (χ2n) is 5.38. The van der Waals surface area contributed by atoms with E-state index >= 15 is 0 Å². The average Bonchev–Trinajstić information content (AvgIpc) is 2.58. The molecular formula is C12H17N3O2. The van der Waals surface area contributed by atoms with Crippen LogP contribution >= 0.6 is 0 Å². The zero-order valence-corrected chi connectivity index (χ0v) is 10.1. The van der Waals surface area contributed by atoms with Crippen LogP contribution in [0.25, 0.3) is 0 Å². The second kappa shape index (κ2) is 4.31. The van der Waals surface area contributed by atoms with E-state index in [9.17, 15) is 10.1 Å². The Balaban J connectivity index is 2.12. The Morgan fingerprint density at radius 3 is 2.94 bits per heavy atom. The van der Waals surface area contributed by atoms with E-state index in [0.717, 1.165) is 19.3 Å². The molecule has 5 nitrogen and oxygen atoms in total. The molecule has 0 aliphatic heterocycles. The predicted molar refractivity (Wildman–Crippen MR) is 65.9 cm³/mol. The van der Waals surface area contributed by atoms with Crippen molar-refractivity contribution < 1.29 is 4.92 Å². The molecule has 1 saturated carbocycles. The normalized spacial score (nSPS) is 22.4. The Bertz CT molecular complexity index is 432. The number of nitro groups is 1. The maximum absolute atomic E-state index is 10.8. The molecule has 0 amide bonds. The smallest absolute Gasteiger partial charge is 0.311 e. The summed E-state index contributed by atoms with van der Waals surface area (Å²) < 4.78 is 0. The molecule has 0 spiro atoms. The number of hydrogen-bond acceptors (Lipinski definition) is 4. The third-order valence-electron chi connectivity index (χ3n) is 3.29. The lowest BCUT2D eigenvalue weighted by Crippen LogP contribution is -2.19. The summed E-state index contributed by atoms with van der Waals surface area (Å²) in [6.45, 7) is 4.45. The first-order chi connectivity index (χ1) is 7.98. The van der Waals surface area contributed by atoms with Crippen LogP contribution in [0.1, 0.15) is 33.1 Å². The number of hydrogen-bond donors (Lipinski definition) is 1. The lowest BCUT2D eigenvalue weighted by molar-refractivity contribution is -0.384. The Kier molecular flexibility index (Phi) is 3.00. The highest BCUT2D eigenvalue weighted by molar-refractivity contribution is 5.55. The molecular weight excluding hydrogens is 218 g/mol. The summed E-state index contributed by atoms with van der Waals surface area (Å²) in [7, 11) is 0. The number of pyridine rings is 1. The Labute approximate surface area is 100 Å². The van der Waals surface area contributed by atoms with E-state index in [0.29, 0.717) is 17.3 Å². The molecule has 1 N–H and O–H groups in total. The zero-order chi connectivity index (χ0) is 12.5. The van der Waals surface area contributed by atoms with Crippen molar-refractivity contribution in [2.45, 2.75) is 39.2 Å². The van der Waals surface area contributed by atoms with Crippen molar-refractivity contribution in [3.8, 4) is 0 Å². The minimum atomic E-state index is -0.393. The molecule has 0 bridgehead atoms. The van der Waals surface area contributed by atoms with Crippen molar-refractivity contribution in [3.05, 3.63) is 28.4 Å². The van der Waals surface area contributed by atoms with Crippen molar-refractivity contribution in [2.75, 3.05) is 5.32 Å². The van der Waals surface area contributed by atoms with Gasteiger partial charge in [-0.25, -0.2) is 4.98 Å². The first-order valence-electron chi connectivity index (χ1n) is 5.84. The molecule has 1 aromatic rings. The van der Waals surface area contributed by atoms with Crippen LogP contribution in [0.5, 0.6) is 0 Å². The molecule has 1 aliphatic carbocycles. The van der Waals surface area contributed by atoms with E-state index in [-0.39, 0.29) is 5.69 Å². The molecule has 0 radical (unpaired) electrons. The van der Waals surface area contributed by atoms with E-state index in [4.69, 9.17) is 0 Å². The fourth-order valence-corrected chi connectivity index (χ4v) is 2.41. The van der Waals surface area contributed by atoms with Gasteiger partial charge in [-0.1, -0.05) is 13.8 Å². The van der Waals surface area contributed by atoms with Gasteiger partial charge < -0.3 is 5.32 Å². The summed E-state index contributed by atoms with van der Waals surface area (Å²) >= 11 is 0. The summed E-state index contributed by atoms with van der Waals surface area (Å²) in [6, 6.07) is 3.36. The van der Waals surface area contributed by atoms with Crippen LogP contribution in [0.15, 0.2) is 18.3 Å². The Morgan fingerprint density at radius 2 is 2.35 bits per heavy atom. The minimum Gasteiger partial charge on any atom is -0.362 e. The predicted octanol–water partition coefficient (Wildman–Crippen LogP) is 2.98. The first-order valence-corrected chi connectivity index (χ1v) is 5.84. The fraction of sp³-hybridized carbons (Fsp3) is 0.583. The number of nitrogens with one attached hydrogen (secondary N) is 1. The maximum atomic E-state index is 10.8. The van der Waals surface area contributed by atoms with E-state index in [2.05, 4.69) is 24.1 Å². The molecule has 1 unspecified atom stereocenters. The van der Waals surface area contributed by atoms with Gasteiger partial charge in [0.05, 0.1) is 4.92 Å². The third-order valence-corrected chi connectivity index (χ3v) is 3.29. The van der Waals surface area contributed by atoms with Gasteiger partial charge in [-0.3, -0.25) is 10.1 Å². The van der Waals surface area contributed by atoms with Crippen LogP contribution in [0.2, 0.25) is 0 Å². The van der Waals surface area contributed by atoms with E-state index in [1.54, 1.807) is 12.3 Å². The van der Waals surface area contributed by atoms with Crippen LogP contribution in [0.4, 0.5) is 11.5 Å². The van der Waals surface area contributed by atoms with Gasteiger partial charge in [-0.2, -0.15) is 0 Å². The summed E-state index contributed by atoms with van der Waals surface area (Å²) in [5.41, 5.74) is 0.374. The molecule has 92 valence electrons. The highest BCUT2D eigenvalue weighted by atomic mass is 16.6. The maximum Gasteiger partial charge on any atom is 0.311 e. The number of rotatable bonds is 3. The molecule has 0 aromatic carbocycles. The van der Waals surface area contributed by atoms with Crippen molar-refractivity contribution in [2.24, 2.45) is 5.41 Å². The van der Waals surface area contributed by atoms with Crippen molar-refractivity contribution in [1.82, 2.24) is 4.98 Å². The van der Waals surface area contributed by atoms with Gasteiger partial charge in [0.25, 0.3) is 0 Å². The summed E-state index contributed by atoms with van der Waals surface area (Å²) in [4.78, 5) is 14.5. The highest BCUT2D eigenvalue weighted by Gasteiger charge is 2.32. The van der Waals surface area contributed by atoms with Gasteiger partial charge in [0.1, 0.15) is 0 Å². The molecule has 1 heterocycles. The van der Waals surface area contributed by atoms with Gasteiger partial charge >= 0.3 is 5.69 Å². The van der Waals surface area contributed by atoms with E-state index in [1.807, 2.05) is 0 Å². The van der Waals surface area contributed by atoms with Crippen molar-refractivity contribution >= 4 is 11.5 Å². The van der Waals surface area contributed by atoms with Crippen LogP contribution in [-0.4, -0.2) is 15.9 Å². The second-order valence-corrected chi connectivity index (χ2v) is 5.38. The molecule has 17 heavy (non-hydrogen) atoms. The van der Waals surface area contributed by atoms with E-state index in [1.165, 1.54) is 6.07 Å². The minimum absolute atomic E-state index is 0.0530. The molecule has 0 saturated heterocycles. The molecule has 1 aromatic heterocycles. The monoisotopic (exact) mass is 235 g/mol. The molecule has 1 aliphatic rings. The summed E-state index contributed by atoms with van der Waals surface area (Å²) in [5, 5.41) is 14.0. The number of nitrogens with zero attached hydrogens (tertiary/aromatic N) is 2. The Hall–Kier alpha value is -1.65. The van der Waals surface area contributed by atoms with Crippen LogP contribution in [-0.2, 0) is 0 Å². The molecule has 1 atom stereocenters. The van der Waals surface area contributed by atoms with Crippen LogP contribution < -0.4 is 5.32 Å². The lowest BCUT2D eigenvalue weighted by Gasteiger charge is -2.18. The lowest BCUT2D eigenvalue weighted by atomic mass is 9.92. The largest absolute Gasteiger partial charge is 0.362 e. The topological polar surface area (TPSA) is 68.1 Å². The first kappa shape index (κ1) is 11.8. The van der Waals surface area contributed by atoms with Gasteiger partial charge in [-0.05, 0) is 30.7 Å². The van der Waals surface area contributed by atoms with Crippen molar-refractivity contribution in [3.63, 3.8) is 0 Å². The van der Waals surface area contributed by atoms with Gasteiger partial charge in [-0.15, -0.1) is 0 Å². The fourth-order valence-electron chi connectivity index (χ4n) is 2.41. The Morgan fingerprint density at radius 1 is 1.59 bits per heavy atom. The highest BCUT2D eigenvalue weighted by Crippen LogP contribution is 2.38. The van der Waals surface area contributed by atoms with Crippen molar-refractivity contribution in [1.29, 1.82) is 0 Å². The summed E-state index contributed by atoms with van der Waals surface area (Å²) in [6.07, 6.45) is 4.79. The summed E-state index contributed by atoms with van der Waals surface area (Å²) in [5.74, 6) is 0.389. The average molecular weight is 235 g/mol. The molecule has 2 rings (SSSR count).